The van der Waals surface area contributed by atoms with Crippen LogP contribution in [0.1, 0.15) is 42.1 Å². The van der Waals surface area contributed by atoms with Crippen molar-refractivity contribution in [2.24, 2.45) is 0 Å². The number of aliphatic carboxylic acids is 1. The summed E-state index contributed by atoms with van der Waals surface area (Å²) in [6.07, 6.45) is 0. The summed E-state index contributed by atoms with van der Waals surface area (Å²) in [6.45, 7) is 11.5. The number of benzene rings is 1. The molecule has 0 heterocycles. The smallest absolute Gasteiger partial charge is 0.325 e. The van der Waals surface area contributed by atoms with Crippen LogP contribution in [0, 0.1) is 20.8 Å². The van der Waals surface area contributed by atoms with Gasteiger partial charge in [0, 0.05) is 0 Å². The second kappa shape index (κ2) is 6.01. The van der Waals surface area contributed by atoms with Gasteiger partial charge < -0.3 is 5.11 Å². The normalized spacial score (nSPS) is 12.8. The van der Waals surface area contributed by atoms with Gasteiger partial charge in [0.25, 0.3) is 0 Å². The average molecular weight is 249 g/mol. The SMILES string of the molecule is CCN(CC)C(C(=O)O)c1c(C)cc(C)cc1C. The Morgan fingerprint density at radius 3 is 1.94 bits per heavy atom. The lowest BCUT2D eigenvalue weighted by Crippen LogP contribution is -2.34. The summed E-state index contributed by atoms with van der Waals surface area (Å²) in [7, 11) is 0. The van der Waals surface area contributed by atoms with E-state index in [1.54, 1.807) is 0 Å². The van der Waals surface area contributed by atoms with E-state index in [2.05, 4.69) is 12.1 Å². The highest BCUT2D eigenvalue weighted by molar-refractivity contribution is 5.77. The van der Waals surface area contributed by atoms with E-state index in [1.165, 1.54) is 5.56 Å². The first-order valence-corrected chi connectivity index (χ1v) is 6.46. The van der Waals surface area contributed by atoms with E-state index in [4.69, 9.17) is 0 Å². The lowest BCUT2D eigenvalue weighted by molar-refractivity contribution is -0.143. The monoisotopic (exact) mass is 249 g/mol. The Morgan fingerprint density at radius 1 is 1.17 bits per heavy atom. The third kappa shape index (κ3) is 2.91. The molecule has 0 aliphatic rings. The molecular weight excluding hydrogens is 226 g/mol. The van der Waals surface area contributed by atoms with Gasteiger partial charge in [0.05, 0.1) is 0 Å². The van der Waals surface area contributed by atoms with Crippen LogP contribution < -0.4 is 0 Å². The number of rotatable bonds is 5. The number of carboxylic acids is 1. The van der Waals surface area contributed by atoms with Crippen molar-refractivity contribution >= 4 is 5.97 Å². The Bertz CT molecular complexity index is 413. The minimum Gasteiger partial charge on any atom is -0.480 e. The maximum absolute atomic E-state index is 11.6. The van der Waals surface area contributed by atoms with Crippen LogP contribution in [0.4, 0.5) is 0 Å². The van der Waals surface area contributed by atoms with Crippen LogP contribution in [-0.2, 0) is 4.79 Å². The highest BCUT2D eigenvalue weighted by atomic mass is 16.4. The van der Waals surface area contributed by atoms with Crippen LogP contribution >= 0.6 is 0 Å². The van der Waals surface area contributed by atoms with Gasteiger partial charge >= 0.3 is 5.97 Å². The average Bonchev–Trinajstić information content (AvgIpc) is 2.26. The molecule has 0 saturated heterocycles. The van der Waals surface area contributed by atoms with Crippen molar-refractivity contribution in [1.82, 2.24) is 4.90 Å². The van der Waals surface area contributed by atoms with Crippen molar-refractivity contribution in [3.8, 4) is 0 Å². The molecule has 0 saturated carbocycles. The Morgan fingerprint density at radius 2 is 1.61 bits per heavy atom. The molecule has 0 aliphatic heterocycles. The quantitative estimate of drug-likeness (QED) is 0.871. The highest BCUT2D eigenvalue weighted by Crippen LogP contribution is 2.28. The second-order valence-electron chi connectivity index (χ2n) is 4.77. The number of likely N-dealkylation sites (N-methyl/N-ethyl adjacent to an activating group) is 1. The van der Waals surface area contributed by atoms with E-state index >= 15 is 0 Å². The Balaban J connectivity index is 3.34. The van der Waals surface area contributed by atoms with Crippen molar-refractivity contribution in [2.75, 3.05) is 13.1 Å². The fourth-order valence-corrected chi connectivity index (χ4v) is 2.67. The fraction of sp³-hybridized carbons (Fsp3) is 0.533. The Hall–Kier alpha value is -1.35. The maximum atomic E-state index is 11.6. The summed E-state index contributed by atoms with van der Waals surface area (Å²) in [4.78, 5) is 13.6. The van der Waals surface area contributed by atoms with Crippen LogP contribution in [0.15, 0.2) is 12.1 Å². The van der Waals surface area contributed by atoms with E-state index in [9.17, 15) is 9.90 Å². The molecule has 100 valence electrons. The molecule has 0 aromatic heterocycles. The van der Waals surface area contributed by atoms with Gasteiger partial charge in [-0.1, -0.05) is 31.5 Å². The summed E-state index contributed by atoms with van der Waals surface area (Å²) in [6, 6.07) is 3.57. The topological polar surface area (TPSA) is 40.5 Å². The molecule has 1 aromatic carbocycles. The van der Waals surface area contributed by atoms with E-state index in [0.29, 0.717) is 0 Å². The summed E-state index contributed by atoms with van der Waals surface area (Å²) in [5, 5.41) is 9.54. The van der Waals surface area contributed by atoms with Gasteiger partial charge in [-0.2, -0.15) is 0 Å². The molecule has 0 fully saturated rings. The molecule has 1 rings (SSSR count). The lowest BCUT2D eigenvalue weighted by Gasteiger charge is -2.29. The van der Waals surface area contributed by atoms with Gasteiger partial charge in [0.15, 0.2) is 0 Å². The first-order valence-electron chi connectivity index (χ1n) is 6.46. The van der Waals surface area contributed by atoms with E-state index < -0.39 is 12.0 Å². The first-order chi connectivity index (χ1) is 8.42. The number of hydrogen-bond donors (Lipinski definition) is 1. The summed E-state index contributed by atoms with van der Waals surface area (Å²) >= 11 is 0. The van der Waals surface area contributed by atoms with Gasteiger partial charge in [-0.15, -0.1) is 0 Å². The van der Waals surface area contributed by atoms with Crippen molar-refractivity contribution in [2.45, 2.75) is 40.7 Å². The van der Waals surface area contributed by atoms with E-state index in [0.717, 1.165) is 29.8 Å². The number of aryl methyl sites for hydroxylation is 3. The predicted octanol–water partition coefficient (Wildman–Crippen LogP) is 3.08. The van der Waals surface area contributed by atoms with Crippen molar-refractivity contribution in [3.05, 3.63) is 34.4 Å². The van der Waals surface area contributed by atoms with Gasteiger partial charge in [0.1, 0.15) is 6.04 Å². The van der Waals surface area contributed by atoms with Crippen molar-refractivity contribution in [3.63, 3.8) is 0 Å². The number of hydrogen-bond acceptors (Lipinski definition) is 2. The molecule has 0 bridgehead atoms. The van der Waals surface area contributed by atoms with Gasteiger partial charge in [-0.3, -0.25) is 9.69 Å². The largest absolute Gasteiger partial charge is 0.480 e. The van der Waals surface area contributed by atoms with Crippen molar-refractivity contribution < 1.29 is 9.90 Å². The molecule has 1 N–H and O–H groups in total. The zero-order valence-electron chi connectivity index (χ0n) is 11.9. The van der Waals surface area contributed by atoms with Crippen molar-refractivity contribution in [1.29, 1.82) is 0 Å². The van der Waals surface area contributed by atoms with E-state index in [-0.39, 0.29) is 0 Å². The predicted molar refractivity (Wildman–Crippen MR) is 74.0 cm³/mol. The minimum absolute atomic E-state index is 0.541. The number of nitrogens with zero attached hydrogens (tertiary/aromatic N) is 1. The van der Waals surface area contributed by atoms with Crippen LogP contribution in [0.25, 0.3) is 0 Å². The minimum atomic E-state index is -0.770. The highest BCUT2D eigenvalue weighted by Gasteiger charge is 2.28. The Labute approximate surface area is 109 Å². The second-order valence-corrected chi connectivity index (χ2v) is 4.77. The summed E-state index contributed by atoms with van der Waals surface area (Å²) in [5.74, 6) is -0.770. The van der Waals surface area contributed by atoms with Gasteiger partial charge in [-0.25, -0.2) is 0 Å². The van der Waals surface area contributed by atoms with Gasteiger partial charge in [0.2, 0.25) is 0 Å². The molecule has 3 heteroatoms. The molecule has 0 amide bonds. The zero-order valence-corrected chi connectivity index (χ0v) is 11.9. The Kier molecular flexibility index (Phi) is 4.91. The summed E-state index contributed by atoms with van der Waals surface area (Å²) < 4.78 is 0. The van der Waals surface area contributed by atoms with Crippen LogP contribution in [0.3, 0.4) is 0 Å². The van der Waals surface area contributed by atoms with Crippen LogP contribution in [-0.4, -0.2) is 29.1 Å². The number of carbonyl (C=O) groups is 1. The number of carboxylic acid groups (broad SMARTS) is 1. The molecule has 0 aliphatic carbocycles. The third-order valence-corrected chi connectivity index (χ3v) is 3.42. The summed E-state index contributed by atoms with van der Waals surface area (Å²) in [5.41, 5.74) is 4.24. The van der Waals surface area contributed by atoms with Gasteiger partial charge in [-0.05, 0) is 50.6 Å². The fourth-order valence-electron chi connectivity index (χ4n) is 2.67. The molecular formula is C15H23NO2. The van der Waals surface area contributed by atoms with E-state index in [1.807, 2.05) is 39.5 Å². The molecule has 1 aromatic rings. The molecule has 18 heavy (non-hydrogen) atoms. The zero-order chi connectivity index (χ0) is 13.9. The maximum Gasteiger partial charge on any atom is 0.325 e. The third-order valence-electron chi connectivity index (χ3n) is 3.42. The molecule has 0 spiro atoms. The molecule has 1 atom stereocenters. The van der Waals surface area contributed by atoms with Crippen LogP contribution in [0.2, 0.25) is 0 Å². The lowest BCUT2D eigenvalue weighted by atomic mass is 9.93. The molecule has 0 radical (unpaired) electrons. The first kappa shape index (κ1) is 14.7. The molecule has 1 unspecified atom stereocenters. The molecule has 3 nitrogen and oxygen atoms in total. The standard InChI is InChI=1S/C15H23NO2/c1-6-16(7-2)14(15(17)18)13-11(4)8-10(3)9-12(13)5/h8-9,14H,6-7H2,1-5H3,(H,17,18). The van der Waals surface area contributed by atoms with Crippen LogP contribution in [0.5, 0.6) is 0 Å².